The van der Waals surface area contributed by atoms with Crippen LogP contribution in [0, 0.1) is 0 Å². The lowest BCUT2D eigenvalue weighted by molar-refractivity contribution is 0.415. The standard InChI is InChI=1S/C12H13NOS/c1-14-11-4-2-9(3-5-11)12-10(8-13)6-7-15-12/h2-7H,8,13H2,1H3. The molecule has 2 rings (SSSR count). The topological polar surface area (TPSA) is 35.2 Å². The molecule has 0 radical (unpaired) electrons. The maximum absolute atomic E-state index is 5.67. The summed E-state index contributed by atoms with van der Waals surface area (Å²) in [7, 11) is 1.67. The average Bonchev–Trinajstić information content (AvgIpc) is 2.77. The Labute approximate surface area is 93.3 Å². The molecule has 1 aromatic heterocycles. The van der Waals surface area contributed by atoms with Gasteiger partial charge in [0, 0.05) is 11.4 Å². The van der Waals surface area contributed by atoms with Gasteiger partial charge >= 0.3 is 0 Å². The molecule has 15 heavy (non-hydrogen) atoms. The van der Waals surface area contributed by atoms with Gasteiger partial charge in [-0.15, -0.1) is 11.3 Å². The minimum absolute atomic E-state index is 0.588. The number of rotatable bonds is 3. The molecule has 0 amide bonds. The first-order chi connectivity index (χ1) is 7.35. The van der Waals surface area contributed by atoms with Gasteiger partial charge in [0.25, 0.3) is 0 Å². The Morgan fingerprint density at radius 3 is 2.53 bits per heavy atom. The molecule has 0 saturated heterocycles. The zero-order valence-corrected chi connectivity index (χ0v) is 9.38. The van der Waals surface area contributed by atoms with Gasteiger partial charge in [-0.05, 0) is 46.8 Å². The van der Waals surface area contributed by atoms with Crippen molar-refractivity contribution in [2.45, 2.75) is 6.54 Å². The monoisotopic (exact) mass is 219 g/mol. The molecule has 0 aliphatic carbocycles. The number of hydrogen-bond donors (Lipinski definition) is 1. The fourth-order valence-corrected chi connectivity index (χ4v) is 2.44. The van der Waals surface area contributed by atoms with E-state index >= 15 is 0 Å². The van der Waals surface area contributed by atoms with Crippen molar-refractivity contribution in [2.75, 3.05) is 7.11 Å². The Morgan fingerprint density at radius 2 is 1.93 bits per heavy atom. The normalized spacial score (nSPS) is 10.3. The molecule has 0 aliphatic heterocycles. The van der Waals surface area contributed by atoms with Crippen LogP contribution in [0.25, 0.3) is 10.4 Å². The first-order valence-corrected chi connectivity index (χ1v) is 5.64. The first kappa shape index (κ1) is 10.2. The van der Waals surface area contributed by atoms with Crippen LogP contribution in [0.5, 0.6) is 5.75 Å². The predicted octanol–water partition coefficient (Wildman–Crippen LogP) is 2.88. The molecule has 0 unspecified atom stereocenters. The molecule has 2 aromatic rings. The van der Waals surface area contributed by atoms with Gasteiger partial charge in [-0.25, -0.2) is 0 Å². The molecule has 3 heteroatoms. The minimum atomic E-state index is 0.588. The van der Waals surface area contributed by atoms with Gasteiger partial charge in [0.2, 0.25) is 0 Å². The van der Waals surface area contributed by atoms with Gasteiger partial charge in [0.15, 0.2) is 0 Å². The van der Waals surface area contributed by atoms with Crippen LogP contribution in [0.3, 0.4) is 0 Å². The van der Waals surface area contributed by atoms with Crippen molar-refractivity contribution in [1.29, 1.82) is 0 Å². The van der Waals surface area contributed by atoms with Crippen LogP contribution in [0.2, 0.25) is 0 Å². The molecule has 0 aliphatic rings. The third-order valence-electron chi connectivity index (χ3n) is 2.32. The number of nitrogens with two attached hydrogens (primary N) is 1. The summed E-state index contributed by atoms with van der Waals surface area (Å²) in [5, 5.41) is 2.07. The minimum Gasteiger partial charge on any atom is -0.497 e. The maximum Gasteiger partial charge on any atom is 0.118 e. The number of hydrogen-bond acceptors (Lipinski definition) is 3. The summed E-state index contributed by atoms with van der Waals surface area (Å²) >= 11 is 1.72. The van der Waals surface area contributed by atoms with Crippen molar-refractivity contribution in [3.8, 4) is 16.2 Å². The summed E-state index contributed by atoms with van der Waals surface area (Å²) in [4.78, 5) is 1.25. The predicted molar refractivity (Wildman–Crippen MR) is 64.2 cm³/mol. The third kappa shape index (κ3) is 2.03. The second-order valence-corrected chi connectivity index (χ2v) is 4.12. The van der Waals surface area contributed by atoms with Crippen LogP contribution in [-0.2, 0) is 6.54 Å². The first-order valence-electron chi connectivity index (χ1n) is 4.76. The number of benzene rings is 1. The maximum atomic E-state index is 5.67. The molecule has 2 nitrogen and oxygen atoms in total. The van der Waals surface area contributed by atoms with E-state index in [9.17, 15) is 0 Å². The lowest BCUT2D eigenvalue weighted by atomic mass is 10.1. The van der Waals surface area contributed by atoms with E-state index in [1.807, 2.05) is 12.1 Å². The Morgan fingerprint density at radius 1 is 1.20 bits per heavy atom. The van der Waals surface area contributed by atoms with Crippen molar-refractivity contribution >= 4 is 11.3 Å². The highest BCUT2D eigenvalue weighted by Crippen LogP contribution is 2.30. The van der Waals surface area contributed by atoms with Crippen LogP contribution in [0.15, 0.2) is 35.7 Å². The second-order valence-electron chi connectivity index (χ2n) is 3.21. The molecular formula is C12H13NOS. The molecule has 0 bridgehead atoms. The van der Waals surface area contributed by atoms with Crippen molar-refractivity contribution < 1.29 is 4.74 Å². The fraction of sp³-hybridized carbons (Fsp3) is 0.167. The van der Waals surface area contributed by atoms with Gasteiger partial charge < -0.3 is 10.5 Å². The highest BCUT2D eigenvalue weighted by atomic mass is 32.1. The van der Waals surface area contributed by atoms with Gasteiger partial charge in [-0.3, -0.25) is 0 Å². The van der Waals surface area contributed by atoms with E-state index in [2.05, 4.69) is 23.6 Å². The summed E-state index contributed by atoms with van der Waals surface area (Å²) in [6.45, 7) is 0.588. The van der Waals surface area contributed by atoms with Crippen LogP contribution in [0.4, 0.5) is 0 Å². The molecule has 0 atom stereocenters. The Balaban J connectivity index is 2.37. The smallest absolute Gasteiger partial charge is 0.118 e. The quantitative estimate of drug-likeness (QED) is 0.861. The van der Waals surface area contributed by atoms with E-state index in [1.54, 1.807) is 18.4 Å². The summed E-state index contributed by atoms with van der Waals surface area (Å²) in [6, 6.07) is 10.1. The van der Waals surface area contributed by atoms with Crippen molar-refractivity contribution in [1.82, 2.24) is 0 Å². The Kier molecular flexibility index (Phi) is 3.04. The molecule has 78 valence electrons. The zero-order valence-electron chi connectivity index (χ0n) is 8.57. The molecule has 0 fully saturated rings. The van der Waals surface area contributed by atoms with E-state index in [-0.39, 0.29) is 0 Å². The van der Waals surface area contributed by atoms with Crippen LogP contribution >= 0.6 is 11.3 Å². The molecular weight excluding hydrogens is 206 g/mol. The summed E-state index contributed by atoms with van der Waals surface area (Å²) in [5.74, 6) is 0.879. The molecule has 0 spiro atoms. The van der Waals surface area contributed by atoms with Crippen molar-refractivity contribution in [3.05, 3.63) is 41.3 Å². The van der Waals surface area contributed by atoms with Crippen molar-refractivity contribution in [2.24, 2.45) is 5.73 Å². The fourth-order valence-electron chi connectivity index (χ4n) is 1.49. The highest BCUT2D eigenvalue weighted by molar-refractivity contribution is 7.13. The lowest BCUT2D eigenvalue weighted by Gasteiger charge is -2.03. The van der Waals surface area contributed by atoms with Gasteiger partial charge in [-0.1, -0.05) is 0 Å². The van der Waals surface area contributed by atoms with Crippen LogP contribution in [-0.4, -0.2) is 7.11 Å². The summed E-state index contributed by atoms with van der Waals surface area (Å²) in [5.41, 5.74) is 8.07. The number of methoxy groups -OCH3 is 1. The third-order valence-corrected chi connectivity index (χ3v) is 3.32. The molecule has 0 saturated carbocycles. The van der Waals surface area contributed by atoms with E-state index in [1.165, 1.54) is 16.0 Å². The van der Waals surface area contributed by atoms with E-state index in [0.717, 1.165) is 5.75 Å². The largest absolute Gasteiger partial charge is 0.497 e. The molecule has 2 N–H and O–H groups in total. The van der Waals surface area contributed by atoms with Crippen molar-refractivity contribution in [3.63, 3.8) is 0 Å². The summed E-state index contributed by atoms with van der Waals surface area (Å²) < 4.78 is 5.12. The molecule has 1 heterocycles. The number of thiophene rings is 1. The highest BCUT2D eigenvalue weighted by Gasteiger charge is 2.05. The number of ether oxygens (including phenoxy) is 1. The van der Waals surface area contributed by atoms with Gasteiger partial charge in [-0.2, -0.15) is 0 Å². The second kappa shape index (κ2) is 4.47. The average molecular weight is 219 g/mol. The summed E-state index contributed by atoms with van der Waals surface area (Å²) in [6.07, 6.45) is 0. The van der Waals surface area contributed by atoms with Gasteiger partial charge in [0.05, 0.1) is 7.11 Å². The SMILES string of the molecule is COc1ccc(-c2sccc2CN)cc1. The van der Waals surface area contributed by atoms with E-state index < -0.39 is 0 Å². The van der Waals surface area contributed by atoms with Crippen LogP contribution in [0.1, 0.15) is 5.56 Å². The van der Waals surface area contributed by atoms with E-state index in [0.29, 0.717) is 6.54 Å². The zero-order chi connectivity index (χ0) is 10.7. The van der Waals surface area contributed by atoms with Crippen LogP contribution < -0.4 is 10.5 Å². The Bertz CT molecular complexity index is 433. The Hall–Kier alpha value is -1.32. The molecule has 1 aromatic carbocycles. The lowest BCUT2D eigenvalue weighted by Crippen LogP contribution is -1.95. The van der Waals surface area contributed by atoms with Gasteiger partial charge in [0.1, 0.15) is 5.75 Å². The van der Waals surface area contributed by atoms with E-state index in [4.69, 9.17) is 10.5 Å².